The smallest absolute Gasteiger partial charge is 0.270 e. The third-order valence-electron chi connectivity index (χ3n) is 3.74. The lowest BCUT2D eigenvalue weighted by Crippen LogP contribution is -2.13. The Hall–Kier alpha value is -3.68. The summed E-state index contributed by atoms with van der Waals surface area (Å²) >= 11 is 0. The second-order valence-electron chi connectivity index (χ2n) is 5.41. The Labute approximate surface area is 143 Å². The maximum atomic E-state index is 12.3. The summed E-state index contributed by atoms with van der Waals surface area (Å²) in [7, 11) is 1.65. The van der Waals surface area contributed by atoms with E-state index in [2.05, 4.69) is 10.4 Å². The molecule has 0 radical (unpaired) electrons. The first-order valence-electron chi connectivity index (χ1n) is 7.39. The molecule has 0 atom stereocenters. The molecule has 1 aromatic heterocycles. The van der Waals surface area contributed by atoms with Crippen molar-refractivity contribution in [3.8, 4) is 11.1 Å². The molecule has 0 unspecified atom stereocenters. The number of rotatable bonds is 4. The molecule has 0 aliphatic rings. The number of nitrogen functional groups attached to an aromatic ring is 1. The van der Waals surface area contributed by atoms with E-state index in [0.717, 1.165) is 5.56 Å². The molecule has 2 aromatic carbocycles. The van der Waals surface area contributed by atoms with E-state index in [0.29, 0.717) is 11.3 Å². The number of non-ortho nitro benzene ring substituents is 1. The van der Waals surface area contributed by atoms with Crippen LogP contribution in [0.25, 0.3) is 11.1 Å². The van der Waals surface area contributed by atoms with Crippen LogP contribution in [0.4, 0.5) is 17.2 Å². The van der Waals surface area contributed by atoms with Crippen LogP contribution < -0.4 is 11.1 Å². The zero-order chi connectivity index (χ0) is 18.0. The van der Waals surface area contributed by atoms with Crippen molar-refractivity contribution in [3.63, 3.8) is 0 Å². The topological polar surface area (TPSA) is 116 Å². The number of anilines is 2. The van der Waals surface area contributed by atoms with Gasteiger partial charge >= 0.3 is 0 Å². The van der Waals surface area contributed by atoms with Gasteiger partial charge in [0, 0.05) is 24.9 Å². The van der Waals surface area contributed by atoms with Crippen LogP contribution in [-0.2, 0) is 7.05 Å². The number of nitro groups is 1. The van der Waals surface area contributed by atoms with Crippen LogP contribution in [0, 0.1) is 10.1 Å². The standard InChI is InChI=1S/C17H15N5O3/c1-21-16(18)15(10-19-21)17(23)20-13-6-2-4-11(8-13)12-5-3-7-14(9-12)22(24)25/h2-10H,18H2,1H3,(H,20,23). The molecule has 8 heteroatoms. The number of nitrogens with one attached hydrogen (secondary N) is 1. The number of carbonyl (C=O) groups is 1. The quantitative estimate of drug-likeness (QED) is 0.561. The van der Waals surface area contributed by atoms with E-state index in [4.69, 9.17) is 5.73 Å². The number of hydrogen-bond acceptors (Lipinski definition) is 5. The van der Waals surface area contributed by atoms with Gasteiger partial charge in [0.25, 0.3) is 11.6 Å². The fourth-order valence-corrected chi connectivity index (χ4v) is 2.40. The molecule has 8 nitrogen and oxygen atoms in total. The molecule has 0 fully saturated rings. The molecular weight excluding hydrogens is 322 g/mol. The van der Waals surface area contributed by atoms with Crippen LogP contribution in [0.1, 0.15) is 10.4 Å². The molecule has 0 saturated carbocycles. The molecule has 0 spiro atoms. The molecule has 1 amide bonds. The van der Waals surface area contributed by atoms with E-state index >= 15 is 0 Å². The molecule has 3 N–H and O–H groups in total. The Bertz CT molecular complexity index is 964. The number of hydrogen-bond donors (Lipinski definition) is 2. The van der Waals surface area contributed by atoms with Gasteiger partial charge < -0.3 is 11.1 Å². The second kappa shape index (κ2) is 6.44. The highest BCUT2D eigenvalue weighted by Crippen LogP contribution is 2.26. The lowest BCUT2D eigenvalue weighted by molar-refractivity contribution is -0.384. The number of amides is 1. The first-order valence-corrected chi connectivity index (χ1v) is 7.39. The molecule has 0 aliphatic carbocycles. The summed E-state index contributed by atoms with van der Waals surface area (Å²) < 4.78 is 1.41. The average Bonchev–Trinajstić information content (AvgIpc) is 2.94. The minimum atomic E-state index is -0.444. The van der Waals surface area contributed by atoms with Gasteiger partial charge in [0.1, 0.15) is 11.4 Å². The number of aryl methyl sites for hydroxylation is 1. The normalized spacial score (nSPS) is 10.4. The summed E-state index contributed by atoms with van der Waals surface area (Å²) in [5.74, 6) is -0.103. The SMILES string of the molecule is Cn1ncc(C(=O)Nc2cccc(-c3cccc([N+](=O)[O-])c3)c2)c1N. The first kappa shape index (κ1) is 16.2. The number of carbonyl (C=O) groups excluding carboxylic acids is 1. The van der Waals surface area contributed by atoms with Gasteiger partial charge in [-0.1, -0.05) is 24.3 Å². The fraction of sp³-hybridized carbons (Fsp3) is 0.0588. The van der Waals surface area contributed by atoms with Gasteiger partial charge in [-0.3, -0.25) is 19.6 Å². The number of nitro benzene ring substituents is 1. The Morgan fingerprint density at radius 2 is 1.88 bits per heavy atom. The average molecular weight is 337 g/mol. The predicted octanol–water partition coefficient (Wildman–Crippen LogP) is 2.83. The molecule has 0 bridgehead atoms. The van der Waals surface area contributed by atoms with E-state index in [1.165, 1.54) is 23.0 Å². The Kier molecular flexibility index (Phi) is 4.17. The molecule has 25 heavy (non-hydrogen) atoms. The summed E-state index contributed by atoms with van der Waals surface area (Å²) in [4.78, 5) is 22.8. The fourth-order valence-electron chi connectivity index (χ4n) is 2.40. The molecule has 0 saturated heterocycles. The summed E-state index contributed by atoms with van der Waals surface area (Å²) in [6.07, 6.45) is 1.40. The van der Waals surface area contributed by atoms with Crippen LogP contribution in [0.15, 0.2) is 54.7 Å². The van der Waals surface area contributed by atoms with Gasteiger partial charge in [0.05, 0.1) is 11.1 Å². The molecule has 3 rings (SSSR count). The molecule has 126 valence electrons. The van der Waals surface area contributed by atoms with Crippen molar-refractivity contribution in [2.24, 2.45) is 7.05 Å². The monoisotopic (exact) mass is 337 g/mol. The van der Waals surface area contributed by atoms with Crippen molar-refractivity contribution in [2.45, 2.75) is 0 Å². The zero-order valence-corrected chi connectivity index (χ0v) is 13.3. The van der Waals surface area contributed by atoms with Gasteiger partial charge in [0.2, 0.25) is 0 Å². The van der Waals surface area contributed by atoms with Crippen molar-refractivity contribution in [3.05, 3.63) is 70.4 Å². The summed E-state index contributed by atoms with van der Waals surface area (Å²) in [6, 6.07) is 13.3. The van der Waals surface area contributed by atoms with Crippen molar-refractivity contribution in [1.82, 2.24) is 9.78 Å². The van der Waals surface area contributed by atoms with Crippen molar-refractivity contribution in [2.75, 3.05) is 11.1 Å². The maximum Gasteiger partial charge on any atom is 0.270 e. The van der Waals surface area contributed by atoms with Crippen LogP contribution in [0.5, 0.6) is 0 Å². The van der Waals surface area contributed by atoms with E-state index in [9.17, 15) is 14.9 Å². The summed E-state index contributed by atoms with van der Waals surface area (Å²) in [5.41, 5.74) is 8.08. The van der Waals surface area contributed by atoms with E-state index < -0.39 is 4.92 Å². The summed E-state index contributed by atoms with van der Waals surface area (Å²) in [5, 5.41) is 17.6. The third kappa shape index (κ3) is 3.32. The lowest BCUT2D eigenvalue weighted by atomic mass is 10.0. The highest BCUT2D eigenvalue weighted by molar-refractivity contribution is 6.07. The molecule has 0 aliphatic heterocycles. The van der Waals surface area contributed by atoms with Gasteiger partial charge in [-0.15, -0.1) is 0 Å². The number of nitrogens with zero attached hydrogens (tertiary/aromatic N) is 3. The lowest BCUT2D eigenvalue weighted by Gasteiger charge is -2.07. The van der Waals surface area contributed by atoms with Crippen molar-refractivity contribution in [1.29, 1.82) is 0 Å². The second-order valence-corrected chi connectivity index (χ2v) is 5.41. The molecule has 1 heterocycles. The first-order chi connectivity index (χ1) is 12.0. The largest absolute Gasteiger partial charge is 0.383 e. The van der Waals surface area contributed by atoms with Crippen LogP contribution in [0.3, 0.4) is 0 Å². The van der Waals surface area contributed by atoms with E-state index in [1.54, 1.807) is 37.4 Å². The number of nitrogens with two attached hydrogens (primary N) is 1. The minimum absolute atomic E-state index is 0.00933. The van der Waals surface area contributed by atoms with Gasteiger partial charge in [-0.2, -0.15) is 5.10 Å². The van der Waals surface area contributed by atoms with Crippen LogP contribution >= 0.6 is 0 Å². The van der Waals surface area contributed by atoms with Crippen LogP contribution in [-0.4, -0.2) is 20.6 Å². The summed E-state index contributed by atoms with van der Waals surface area (Å²) in [6.45, 7) is 0. The number of aromatic nitrogens is 2. The van der Waals surface area contributed by atoms with E-state index in [-0.39, 0.29) is 23.0 Å². The molecule has 3 aromatic rings. The maximum absolute atomic E-state index is 12.3. The Morgan fingerprint density at radius 3 is 2.52 bits per heavy atom. The predicted molar refractivity (Wildman–Crippen MR) is 94.1 cm³/mol. The number of benzene rings is 2. The van der Waals surface area contributed by atoms with Crippen molar-refractivity contribution >= 4 is 23.1 Å². The highest BCUT2D eigenvalue weighted by atomic mass is 16.6. The van der Waals surface area contributed by atoms with Gasteiger partial charge in [0.15, 0.2) is 0 Å². The van der Waals surface area contributed by atoms with Gasteiger partial charge in [-0.25, -0.2) is 0 Å². The van der Waals surface area contributed by atoms with Crippen LogP contribution in [0.2, 0.25) is 0 Å². The Balaban J connectivity index is 1.87. The molecular formula is C17H15N5O3. The van der Waals surface area contributed by atoms with Gasteiger partial charge in [-0.05, 0) is 23.3 Å². The van der Waals surface area contributed by atoms with Crippen molar-refractivity contribution < 1.29 is 9.72 Å². The Morgan fingerprint density at radius 1 is 1.20 bits per heavy atom. The highest BCUT2D eigenvalue weighted by Gasteiger charge is 2.14. The van der Waals surface area contributed by atoms with E-state index in [1.807, 2.05) is 6.07 Å². The third-order valence-corrected chi connectivity index (χ3v) is 3.74. The zero-order valence-electron chi connectivity index (χ0n) is 13.3. The minimum Gasteiger partial charge on any atom is -0.383 e.